The highest BCUT2D eigenvalue weighted by Crippen LogP contribution is 2.44. The van der Waals surface area contributed by atoms with Gasteiger partial charge in [-0.25, -0.2) is 9.59 Å². The molecule has 31 heavy (non-hydrogen) atoms. The molecule has 3 rings (SSSR count). The lowest BCUT2D eigenvalue weighted by molar-refractivity contribution is -0.189. The number of hydrogen-bond acceptors (Lipinski definition) is 5. The van der Waals surface area contributed by atoms with E-state index in [4.69, 9.17) is 5.11 Å². The van der Waals surface area contributed by atoms with Gasteiger partial charge < -0.3 is 25.4 Å². The number of nitrogens with one attached hydrogen (secondary N) is 2. The van der Waals surface area contributed by atoms with Crippen LogP contribution in [-0.2, 0) is 15.1 Å². The number of carbonyl (C=O) groups excluding carboxylic acids is 2. The van der Waals surface area contributed by atoms with E-state index in [0.717, 1.165) is 0 Å². The number of amides is 2. The van der Waals surface area contributed by atoms with Crippen LogP contribution in [0.25, 0.3) is 0 Å². The van der Waals surface area contributed by atoms with Crippen LogP contribution < -0.4 is 15.4 Å². The molecule has 0 atom stereocenters. The number of alkyl halides is 3. The number of carbonyl (C=O) groups is 3. The molecule has 1 saturated heterocycles. The zero-order valence-corrected chi connectivity index (χ0v) is 16.9. The normalized spacial score (nSPS) is 26.1. The lowest BCUT2D eigenvalue weighted by Gasteiger charge is -2.45. The average molecular weight is 443 g/mol. The highest BCUT2D eigenvalue weighted by molar-refractivity contribution is 5.82. The van der Waals surface area contributed by atoms with E-state index in [-0.39, 0.29) is 18.8 Å². The summed E-state index contributed by atoms with van der Waals surface area (Å²) in [5.41, 5.74) is -0.444. The van der Waals surface area contributed by atoms with Crippen LogP contribution in [0.1, 0.15) is 38.2 Å². The molecule has 1 spiro atoms. The molecule has 1 aliphatic carbocycles. The van der Waals surface area contributed by atoms with Gasteiger partial charge >= 0.3 is 24.1 Å². The maximum Gasteiger partial charge on any atom is 0.491 e. The van der Waals surface area contributed by atoms with Gasteiger partial charge in [-0.3, -0.25) is 4.79 Å². The molecule has 11 heteroatoms. The summed E-state index contributed by atoms with van der Waals surface area (Å²) in [5, 5.41) is 15.3. The van der Waals surface area contributed by atoms with E-state index in [1.54, 1.807) is 6.07 Å². The predicted molar refractivity (Wildman–Crippen MR) is 102 cm³/mol. The second-order valence-electron chi connectivity index (χ2n) is 7.99. The van der Waals surface area contributed by atoms with E-state index in [9.17, 15) is 27.6 Å². The van der Waals surface area contributed by atoms with Gasteiger partial charge in [0.25, 0.3) is 0 Å². The zero-order chi connectivity index (χ0) is 22.9. The third-order valence-electron chi connectivity index (χ3n) is 5.88. The van der Waals surface area contributed by atoms with Crippen molar-refractivity contribution in [2.24, 2.45) is 0 Å². The van der Waals surface area contributed by atoms with E-state index in [1.165, 1.54) is 23.1 Å². The molecule has 8 nitrogen and oxygen atoms in total. The fourth-order valence-corrected chi connectivity index (χ4v) is 4.44. The van der Waals surface area contributed by atoms with Crippen molar-refractivity contribution in [3.8, 4) is 5.75 Å². The Morgan fingerprint density at radius 2 is 1.94 bits per heavy atom. The number of aliphatic carboxylic acids is 1. The first-order chi connectivity index (χ1) is 14.5. The molecular weight excluding hydrogens is 419 g/mol. The molecule has 2 amide bonds. The van der Waals surface area contributed by atoms with Crippen LogP contribution in [-0.4, -0.2) is 59.3 Å². The van der Waals surface area contributed by atoms with E-state index < -0.39 is 35.2 Å². The Bertz CT molecular complexity index is 866. The van der Waals surface area contributed by atoms with Gasteiger partial charge in [0.15, 0.2) is 0 Å². The van der Waals surface area contributed by atoms with E-state index >= 15 is 0 Å². The quantitative estimate of drug-likeness (QED) is 0.460. The van der Waals surface area contributed by atoms with Gasteiger partial charge in [0.05, 0.1) is 5.54 Å². The molecule has 0 unspecified atom stereocenters. The minimum Gasteiger partial charge on any atom is -0.480 e. The zero-order valence-electron chi connectivity index (χ0n) is 16.9. The number of halogens is 3. The minimum absolute atomic E-state index is 0.195. The molecule has 0 bridgehead atoms. The molecule has 0 radical (unpaired) electrons. The Hall–Kier alpha value is -2.82. The second-order valence-corrected chi connectivity index (χ2v) is 7.99. The first-order valence-corrected chi connectivity index (χ1v) is 9.92. The van der Waals surface area contributed by atoms with Crippen molar-refractivity contribution in [3.63, 3.8) is 0 Å². The number of ether oxygens (including phenoxy) is 1. The summed E-state index contributed by atoms with van der Waals surface area (Å²) >= 11 is 0. The van der Waals surface area contributed by atoms with E-state index in [1.807, 2.05) is 6.92 Å². The maximum absolute atomic E-state index is 12.5. The van der Waals surface area contributed by atoms with Crippen LogP contribution in [0.15, 0.2) is 24.3 Å². The highest BCUT2D eigenvalue weighted by atomic mass is 19.4. The van der Waals surface area contributed by atoms with Gasteiger partial charge in [-0.1, -0.05) is 19.1 Å². The summed E-state index contributed by atoms with van der Waals surface area (Å²) in [5.74, 6) is -3.56. The van der Waals surface area contributed by atoms with Crippen molar-refractivity contribution in [2.45, 2.75) is 49.9 Å². The molecule has 1 heterocycles. The van der Waals surface area contributed by atoms with Gasteiger partial charge in [0.2, 0.25) is 0 Å². The fraction of sp³-hybridized carbons (Fsp3) is 0.550. The molecule has 1 aliphatic heterocycles. The molecule has 1 aromatic carbocycles. The van der Waals surface area contributed by atoms with Crippen LogP contribution in [0.3, 0.4) is 0 Å². The van der Waals surface area contributed by atoms with Gasteiger partial charge in [-0.05, 0) is 49.9 Å². The van der Waals surface area contributed by atoms with Gasteiger partial charge in [0, 0.05) is 12.1 Å². The van der Waals surface area contributed by atoms with Crippen LogP contribution in [0, 0.1) is 0 Å². The lowest BCUT2D eigenvalue weighted by Crippen LogP contribution is -2.54. The van der Waals surface area contributed by atoms with Crippen LogP contribution in [0.5, 0.6) is 5.75 Å². The molecule has 1 aromatic rings. The van der Waals surface area contributed by atoms with Crippen LogP contribution in [0.4, 0.5) is 18.0 Å². The Kier molecular flexibility index (Phi) is 6.17. The third-order valence-corrected chi connectivity index (χ3v) is 5.88. The number of carboxylic acid groups (broad SMARTS) is 1. The van der Waals surface area contributed by atoms with Crippen molar-refractivity contribution in [2.75, 3.05) is 19.6 Å². The largest absolute Gasteiger partial charge is 0.491 e. The van der Waals surface area contributed by atoms with Crippen molar-refractivity contribution in [3.05, 3.63) is 29.8 Å². The van der Waals surface area contributed by atoms with Crippen molar-refractivity contribution in [1.29, 1.82) is 0 Å². The standard InChI is InChI=1S/C20H24F3N3O5/c1-2-24-19(13-4-3-5-14(10-13)31-16(29)20(21,22)23)8-6-18(7-9-19)12-26(11-15(27)28)17(30)25-18/h3-5,10,24H,2,6-9,11-12H2,1H3,(H,25,30)(H,27,28)/t18-,19-. The minimum atomic E-state index is -5.09. The van der Waals surface area contributed by atoms with Crippen LogP contribution in [0.2, 0.25) is 0 Å². The van der Waals surface area contributed by atoms with E-state index in [2.05, 4.69) is 15.4 Å². The molecule has 0 aromatic heterocycles. The van der Waals surface area contributed by atoms with E-state index in [0.29, 0.717) is 37.8 Å². The number of carboxylic acids is 1. The van der Waals surface area contributed by atoms with Crippen molar-refractivity contribution < 1.29 is 37.4 Å². The summed E-state index contributed by atoms with van der Waals surface area (Å²) in [7, 11) is 0. The second kappa shape index (κ2) is 8.37. The Morgan fingerprint density at radius 3 is 2.52 bits per heavy atom. The molecule has 170 valence electrons. The maximum atomic E-state index is 12.5. The number of benzene rings is 1. The number of nitrogens with zero attached hydrogens (tertiary/aromatic N) is 1. The summed E-state index contributed by atoms with van der Waals surface area (Å²) in [6.45, 7) is 2.41. The lowest BCUT2D eigenvalue weighted by atomic mass is 9.69. The van der Waals surface area contributed by atoms with Crippen molar-refractivity contribution >= 4 is 18.0 Å². The Balaban J connectivity index is 1.78. The fourth-order valence-electron chi connectivity index (χ4n) is 4.44. The third kappa shape index (κ3) is 4.92. The Morgan fingerprint density at radius 1 is 1.26 bits per heavy atom. The monoisotopic (exact) mass is 443 g/mol. The first kappa shape index (κ1) is 22.9. The average Bonchev–Trinajstić information content (AvgIpc) is 2.98. The summed E-state index contributed by atoms with van der Waals surface area (Å²) in [6.07, 6.45) is -2.88. The topological polar surface area (TPSA) is 108 Å². The summed E-state index contributed by atoms with van der Waals surface area (Å²) < 4.78 is 42.1. The number of esters is 1. The molecule has 2 aliphatic rings. The highest BCUT2D eigenvalue weighted by Gasteiger charge is 2.49. The van der Waals surface area contributed by atoms with Gasteiger partial charge in [-0.15, -0.1) is 0 Å². The van der Waals surface area contributed by atoms with Crippen molar-refractivity contribution in [1.82, 2.24) is 15.5 Å². The van der Waals surface area contributed by atoms with Gasteiger partial charge in [0.1, 0.15) is 12.3 Å². The Labute approximate surface area is 176 Å². The predicted octanol–water partition coefficient (Wildman–Crippen LogP) is 2.38. The number of urea groups is 1. The van der Waals surface area contributed by atoms with Crippen LogP contribution >= 0.6 is 0 Å². The molecule has 1 saturated carbocycles. The number of rotatable bonds is 6. The molecule has 3 N–H and O–H groups in total. The summed E-state index contributed by atoms with van der Waals surface area (Å²) in [4.78, 5) is 35.6. The molecular formula is C20H24F3N3O5. The SMILES string of the molecule is CCN[C@]1(c2cccc(OC(=O)C(F)(F)F)c2)CC[C@@]2(CC1)CN(CC(=O)O)C(=O)N2. The number of hydrogen-bond donors (Lipinski definition) is 3. The van der Waals surface area contributed by atoms with Gasteiger partial charge in [-0.2, -0.15) is 13.2 Å². The smallest absolute Gasteiger partial charge is 0.480 e. The summed E-state index contributed by atoms with van der Waals surface area (Å²) in [6, 6.07) is 5.59. The molecule has 2 fully saturated rings. The first-order valence-electron chi connectivity index (χ1n) is 9.92.